The summed E-state index contributed by atoms with van der Waals surface area (Å²) in [5.41, 5.74) is 0. The number of halogens is 3. The van der Waals surface area contributed by atoms with Crippen molar-refractivity contribution in [1.29, 1.82) is 0 Å². The second-order valence-electron chi connectivity index (χ2n) is 3.51. The van der Waals surface area contributed by atoms with Crippen LogP contribution in [0, 0.1) is 0 Å². The van der Waals surface area contributed by atoms with Crippen molar-refractivity contribution in [2.24, 2.45) is 0 Å². The number of aliphatic hydroxyl groups is 1. The van der Waals surface area contributed by atoms with Crippen LogP contribution in [0.4, 0.5) is 13.2 Å². The Morgan fingerprint density at radius 2 is 2.13 bits per heavy atom. The molecule has 1 heterocycles. The van der Waals surface area contributed by atoms with Gasteiger partial charge in [-0.2, -0.15) is 13.2 Å². The third kappa shape index (κ3) is 2.78. The number of carboxylic acid groups (broad SMARTS) is 1. The Labute approximate surface area is 88.7 Å². The lowest BCUT2D eigenvalue weighted by Crippen LogP contribution is -2.41. The lowest BCUT2D eigenvalue weighted by molar-refractivity contribution is -0.207. The maximum atomic E-state index is 12.1. The molecule has 0 aromatic heterocycles. The van der Waals surface area contributed by atoms with Crippen LogP contribution in [0.25, 0.3) is 0 Å². The third-order valence-electron chi connectivity index (χ3n) is 2.39. The lowest BCUT2D eigenvalue weighted by atomic mass is 9.95. The quantitative estimate of drug-likeness (QED) is 0.792. The molecule has 0 bridgehead atoms. The molecular weight excluding hydrogens is 233 g/mol. The molecular formula is C8H11F3O3S. The maximum absolute atomic E-state index is 12.1. The molecule has 1 saturated heterocycles. The van der Waals surface area contributed by atoms with Gasteiger partial charge in [0.1, 0.15) is 4.75 Å². The molecule has 0 amide bonds. The number of rotatable bonds is 3. The Bertz CT molecular complexity index is 248. The van der Waals surface area contributed by atoms with Crippen LogP contribution in [0.15, 0.2) is 0 Å². The molecule has 2 atom stereocenters. The van der Waals surface area contributed by atoms with Crippen molar-refractivity contribution in [1.82, 2.24) is 0 Å². The molecule has 3 nitrogen and oxygen atoms in total. The fraction of sp³-hybridized carbons (Fsp3) is 0.875. The minimum Gasteiger partial charge on any atom is -0.480 e. The lowest BCUT2D eigenvalue weighted by Gasteiger charge is -2.26. The van der Waals surface area contributed by atoms with Crippen molar-refractivity contribution in [2.45, 2.75) is 36.3 Å². The summed E-state index contributed by atoms with van der Waals surface area (Å²) in [7, 11) is 0. The molecule has 2 unspecified atom stereocenters. The zero-order valence-corrected chi connectivity index (χ0v) is 8.57. The molecule has 7 heteroatoms. The molecule has 1 aliphatic rings. The molecule has 0 aromatic rings. The van der Waals surface area contributed by atoms with Gasteiger partial charge in [-0.15, -0.1) is 11.8 Å². The van der Waals surface area contributed by atoms with Gasteiger partial charge in [0.2, 0.25) is 0 Å². The Balaban J connectivity index is 2.72. The van der Waals surface area contributed by atoms with Crippen LogP contribution in [0.2, 0.25) is 0 Å². The number of aliphatic carboxylic acids is 1. The average Bonchev–Trinajstić information content (AvgIpc) is 2.52. The minimum absolute atomic E-state index is 0.181. The van der Waals surface area contributed by atoms with Gasteiger partial charge in [-0.1, -0.05) is 0 Å². The number of aliphatic hydroxyl groups excluding tert-OH is 1. The molecule has 15 heavy (non-hydrogen) atoms. The molecule has 1 rings (SSSR count). The maximum Gasteiger partial charge on any atom is 0.414 e. The van der Waals surface area contributed by atoms with Gasteiger partial charge in [0.25, 0.3) is 0 Å². The molecule has 1 aliphatic heterocycles. The zero-order chi connectivity index (χ0) is 11.7. The smallest absolute Gasteiger partial charge is 0.414 e. The van der Waals surface area contributed by atoms with E-state index >= 15 is 0 Å². The normalized spacial score (nSPS) is 29.1. The first-order valence-corrected chi connectivity index (χ1v) is 5.39. The number of alkyl halides is 3. The van der Waals surface area contributed by atoms with Gasteiger partial charge in [0, 0.05) is 6.42 Å². The Morgan fingerprint density at radius 3 is 2.47 bits per heavy atom. The van der Waals surface area contributed by atoms with Gasteiger partial charge in [-0.25, -0.2) is 0 Å². The second kappa shape index (κ2) is 4.21. The van der Waals surface area contributed by atoms with E-state index in [9.17, 15) is 18.0 Å². The fourth-order valence-corrected chi connectivity index (χ4v) is 2.91. The van der Waals surface area contributed by atoms with E-state index < -0.39 is 29.4 Å². The Hall–Kier alpha value is -0.430. The standard InChI is InChI=1S/C8H11F3O3S/c9-8(10,11)5(12)4-7(6(13)14)2-1-3-15-7/h5,12H,1-4H2,(H,13,14). The van der Waals surface area contributed by atoms with Gasteiger partial charge in [-0.3, -0.25) is 4.79 Å². The van der Waals surface area contributed by atoms with Crippen molar-refractivity contribution in [3.63, 3.8) is 0 Å². The summed E-state index contributed by atoms with van der Waals surface area (Å²) in [6.07, 6.45) is -7.32. The van der Waals surface area contributed by atoms with Crippen LogP contribution in [0.3, 0.4) is 0 Å². The summed E-state index contributed by atoms with van der Waals surface area (Å²) < 4.78 is 34.8. The topological polar surface area (TPSA) is 57.5 Å². The van der Waals surface area contributed by atoms with Gasteiger partial charge in [0.15, 0.2) is 6.10 Å². The van der Waals surface area contributed by atoms with Crippen molar-refractivity contribution >= 4 is 17.7 Å². The molecule has 2 N–H and O–H groups in total. The SMILES string of the molecule is O=C(O)C1(CC(O)C(F)(F)F)CCCS1. The van der Waals surface area contributed by atoms with Gasteiger partial charge in [-0.05, 0) is 18.6 Å². The van der Waals surface area contributed by atoms with Crippen LogP contribution in [-0.2, 0) is 4.79 Å². The monoisotopic (exact) mass is 244 g/mol. The highest BCUT2D eigenvalue weighted by molar-refractivity contribution is 8.01. The second-order valence-corrected chi connectivity index (χ2v) is 4.99. The van der Waals surface area contributed by atoms with Gasteiger partial charge in [0.05, 0.1) is 0 Å². The summed E-state index contributed by atoms with van der Waals surface area (Å²) >= 11 is 0.983. The number of hydrogen-bond donors (Lipinski definition) is 2. The molecule has 0 saturated carbocycles. The first-order valence-electron chi connectivity index (χ1n) is 4.40. The highest BCUT2D eigenvalue weighted by atomic mass is 32.2. The van der Waals surface area contributed by atoms with Gasteiger partial charge >= 0.3 is 12.1 Å². The van der Waals surface area contributed by atoms with E-state index in [1.54, 1.807) is 0 Å². The zero-order valence-electron chi connectivity index (χ0n) is 7.75. The molecule has 88 valence electrons. The predicted molar refractivity (Wildman–Crippen MR) is 48.7 cm³/mol. The molecule has 1 fully saturated rings. The molecule has 0 aliphatic carbocycles. The summed E-state index contributed by atoms with van der Waals surface area (Å²) in [5, 5.41) is 17.7. The summed E-state index contributed by atoms with van der Waals surface area (Å²) in [5.74, 6) is -0.745. The summed E-state index contributed by atoms with van der Waals surface area (Å²) in [6, 6.07) is 0. The van der Waals surface area contributed by atoms with Crippen LogP contribution >= 0.6 is 11.8 Å². The minimum atomic E-state index is -4.74. The van der Waals surface area contributed by atoms with Crippen LogP contribution < -0.4 is 0 Å². The van der Waals surface area contributed by atoms with E-state index in [4.69, 9.17) is 10.2 Å². The summed E-state index contributed by atoms with van der Waals surface area (Å²) in [6.45, 7) is 0. The van der Waals surface area contributed by atoms with Gasteiger partial charge < -0.3 is 10.2 Å². The van der Waals surface area contributed by atoms with Crippen molar-refractivity contribution < 1.29 is 28.2 Å². The first kappa shape index (κ1) is 12.6. The van der Waals surface area contributed by atoms with E-state index in [-0.39, 0.29) is 6.42 Å². The third-order valence-corrected chi connectivity index (χ3v) is 3.98. The number of carboxylic acids is 1. The Morgan fingerprint density at radius 1 is 1.53 bits per heavy atom. The highest BCUT2D eigenvalue weighted by Gasteiger charge is 2.49. The number of hydrogen-bond acceptors (Lipinski definition) is 3. The molecule has 0 spiro atoms. The number of thioether (sulfide) groups is 1. The average molecular weight is 244 g/mol. The van der Waals surface area contributed by atoms with Crippen molar-refractivity contribution in [3.8, 4) is 0 Å². The fourth-order valence-electron chi connectivity index (χ4n) is 1.54. The van der Waals surface area contributed by atoms with Crippen LogP contribution in [0.5, 0.6) is 0 Å². The number of carbonyl (C=O) groups is 1. The van der Waals surface area contributed by atoms with Crippen molar-refractivity contribution in [3.05, 3.63) is 0 Å². The predicted octanol–water partition coefficient (Wildman–Crippen LogP) is 1.65. The largest absolute Gasteiger partial charge is 0.480 e. The molecule has 0 aromatic carbocycles. The van der Waals surface area contributed by atoms with Crippen molar-refractivity contribution in [2.75, 3.05) is 5.75 Å². The van der Waals surface area contributed by atoms with E-state index in [2.05, 4.69) is 0 Å². The van der Waals surface area contributed by atoms with E-state index in [0.717, 1.165) is 11.8 Å². The van der Waals surface area contributed by atoms with Crippen LogP contribution in [0.1, 0.15) is 19.3 Å². The highest BCUT2D eigenvalue weighted by Crippen LogP contribution is 2.43. The van der Waals surface area contributed by atoms with Crippen LogP contribution in [-0.4, -0.2) is 39.0 Å². The van der Waals surface area contributed by atoms with E-state index in [1.807, 2.05) is 0 Å². The van der Waals surface area contributed by atoms with E-state index in [1.165, 1.54) is 0 Å². The Kier molecular flexibility index (Phi) is 3.55. The summed E-state index contributed by atoms with van der Waals surface area (Å²) in [4.78, 5) is 10.9. The van der Waals surface area contributed by atoms with E-state index in [0.29, 0.717) is 12.2 Å². The first-order chi connectivity index (χ1) is 6.78. The molecule has 0 radical (unpaired) electrons.